The van der Waals surface area contributed by atoms with Crippen molar-refractivity contribution in [2.45, 2.75) is 241 Å². The third-order valence-electron chi connectivity index (χ3n) is 25.8. The highest BCUT2D eigenvalue weighted by Crippen LogP contribution is 2.32. The van der Waals surface area contributed by atoms with Crippen molar-refractivity contribution in [2.24, 2.45) is 0 Å². The average Bonchev–Trinajstić information content (AvgIpc) is 0.801. The van der Waals surface area contributed by atoms with E-state index >= 15 is 0 Å². The van der Waals surface area contributed by atoms with Crippen LogP contribution in [0.3, 0.4) is 0 Å². The number of hydrogen-bond donors (Lipinski definition) is 0. The van der Waals surface area contributed by atoms with Gasteiger partial charge in [0.05, 0.1) is 0 Å². The van der Waals surface area contributed by atoms with E-state index in [-0.39, 0.29) is 0 Å². The molecule has 0 aliphatic heterocycles. The Morgan fingerprint density at radius 3 is 0.639 bits per heavy atom. The minimum atomic E-state index is 1.03. The van der Waals surface area contributed by atoms with E-state index < -0.39 is 0 Å². The van der Waals surface area contributed by atoms with Gasteiger partial charge in [-0.1, -0.05) is 243 Å². The van der Waals surface area contributed by atoms with Crippen molar-refractivity contribution in [3.05, 3.63) is 454 Å². The van der Waals surface area contributed by atoms with E-state index in [0.717, 1.165) is 19.3 Å². The maximum Gasteiger partial charge on any atom is -0.00203 e. The molecular weight excluding hydrogens is 1430 g/mol. The fourth-order valence-corrected chi connectivity index (χ4v) is 14.5. The number of rotatable bonds is 9. The first-order valence-corrected chi connectivity index (χ1v) is 43.1. The molecule has 0 nitrogen and oxygen atoms in total. The van der Waals surface area contributed by atoms with Gasteiger partial charge in [-0.2, -0.15) is 0 Å². The van der Waals surface area contributed by atoms with Gasteiger partial charge >= 0.3 is 0 Å². The molecular formula is C119H142. The molecule has 14 aromatic carbocycles. The Hall–Kier alpha value is -10.9. The lowest BCUT2D eigenvalue weighted by atomic mass is 9.92. The topological polar surface area (TPSA) is 0 Å². The monoisotopic (exact) mass is 1570 g/mol. The van der Waals surface area contributed by atoms with E-state index in [1.807, 2.05) is 0 Å². The summed E-state index contributed by atoms with van der Waals surface area (Å²) in [4.78, 5) is 0. The Balaban J connectivity index is 0.000000189. The van der Waals surface area contributed by atoms with Crippen LogP contribution in [0.4, 0.5) is 0 Å². The quantitative estimate of drug-likeness (QED) is 0.135. The van der Waals surface area contributed by atoms with E-state index in [1.165, 1.54) is 245 Å². The summed E-state index contributed by atoms with van der Waals surface area (Å²) in [6.07, 6.45) is 3.11. The Labute approximate surface area is 723 Å². The van der Waals surface area contributed by atoms with Crippen molar-refractivity contribution in [1.29, 1.82) is 0 Å². The molecule has 0 aliphatic rings. The van der Waals surface area contributed by atoms with E-state index in [1.54, 1.807) is 0 Å². The zero-order chi connectivity index (χ0) is 87.8. The van der Waals surface area contributed by atoms with Crippen LogP contribution in [0.1, 0.15) is 211 Å². The molecule has 0 bridgehead atoms. The first kappa shape index (κ1) is 95.2. The molecule has 0 saturated carbocycles. The lowest BCUT2D eigenvalue weighted by Gasteiger charge is -2.12. The van der Waals surface area contributed by atoms with Crippen molar-refractivity contribution >= 4 is 0 Å². The van der Waals surface area contributed by atoms with Gasteiger partial charge in [-0.05, 0) is 486 Å². The Bertz CT molecular complexity index is 5500. The molecule has 0 radical (unpaired) electrons. The van der Waals surface area contributed by atoms with Crippen LogP contribution < -0.4 is 0 Å². The second-order valence-electron chi connectivity index (χ2n) is 34.5. The molecule has 0 heterocycles. The third-order valence-corrected chi connectivity index (χ3v) is 25.8. The molecule has 14 rings (SSSR count). The molecule has 618 valence electrons. The lowest BCUT2D eigenvalue weighted by molar-refractivity contribution is 1.10. The molecule has 0 N–H and O–H groups in total. The average molecular weight is 1570 g/mol. The van der Waals surface area contributed by atoms with Crippen LogP contribution in [-0.4, -0.2) is 0 Å². The number of benzene rings is 14. The van der Waals surface area contributed by atoms with Crippen molar-refractivity contribution < 1.29 is 0 Å². The summed E-state index contributed by atoms with van der Waals surface area (Å²) in [5.74, 6) is 0. The number of aryl methyl sites for hydroxylation is 24. The summed E-state index contributed by atoms with van der Waals surface area (Å²) in [5.41, 5.74) is 60.8. The van der Waals surface area contributed by atoms with Gasteiger partial charge in [0, 0.05) is 0 Å². The zero-order valence-electron chi connectivity index (χ0n) is 79.2. The van der Waals surface area contributed by atoms with Gasteiger partial charge in [-0.15, -0.1) is 0 Å². The van der Waals surface area contributed by atoms with Crippen molar-refractivity contribution in [1.82, 2.24) is 0 Å². The molecule has 0 aliphatic carbocycles. The second-order valence-corrected chi connectivity index (χ2v) is 34.5. The Morgan fingerprint density at radius 2 is 0.336 bits per heavy atom. The molecule has 0 atom stereocenters. The first-order chi connectivity index (χ1) is 56.2. The molecule has 119 heavy (non-hydrogen) atoms. The summed E-state index contributed by atoms with van der Waals surface area (Å²) in [6.45, 7) is 69.6. The molecule has 0 amide bonds. The highest BCUT2D eigenvalue weighted by atomic mass is 14.2. The Morgan fingerprint density at radius 1 is 0.126 bits per heavy atom. The van der Waals surface area contributed by atoms with Gasteiger partial charge in [0.2, 0.25) is 0 Å². The van der Waals surface area contributed by atoms with Crippen LogP contribution >= 0.6 is 0 Å². The van der Waals surface area contributed by atoms with E-state index in [4.69, 9.17) is 0 Å². The summed E-state index contributed by atoms with van der Waals surface area (Å²) in [5, 5.41) is 0. The van der Waals surface area contributed by atoms with E-state index in [9.17, 15) is 0 Å². The maximum atomic E-state index is 2.30. The predicted octanol–water partition coefficient (Wildman–Crippen LogP) is 33.1. The van der Waals surface area contributed by atoms with Crippen LogP contribution in [-0.2, 0) is 19.3 Å². The molecule has 0 fully saturated rings. The van der Waals surface area contributed by atoms with Gasteiger partial charge in [-0.3, -0.25) is 0 Å². The van der Waals surface area contributed by atoms with Crippen molar-refractivity contribution in [2.75, 3.05) is 0 Å². The van der Waals surface area contributed by atoms with Crippen LogP contribution in [0.2, 0.25) is 0 Å². The first-order valence-electron chi connectivity index (χ1n) is 43.1. The fraction of sp³-hybridized carbons (Fsp3) is 0.294. The van der Waals surface area contributed by atoms with Gasteiger partial charge < -0.3 is 0 Å². The normalized spacial score (nSPS) is 10.5. The summed E-state index contributed by atoms with van der Waals surface area (Å²) in [7, 11) is 0. The zero-order valence-corrected chi connectivity index (χ0v) is 79.2. The minimum Gasteiger partial charge on any atom is -0.0617 e. The predicted molar refractivity (Wildman–Crippen MR) is 527 cm³/mol. The molecule has 14 aromatic rings. The van der Waals surface area contributed by atoms with Gasteiger partial charge in [-0.25, -0.2) is 0 Å². The van der Waals surface area contributed by atoms with Crippen LogP contribution in [0.25, 0.3) is 33.4 Å². The standard InChI is InChI=1S/3C17H20.3C16H18.2C10H14/c1-12-5-7-16(9-14(12)3)11-17-8-6-13(2)15(4)10-17;1-12-7-5-9-16(14(12)3)11-17-10-6-8-13(2)15(17)4;1-12-8-9-16(10-14(12)3)11-17-7-5-6-13(2)15(17)4;1-11-5-7-15(9-13(11)3)16-8-6-12(2)14(4)10-16;1-11-7-5-9-15(13(11)3)16-10-6-8-12(2)14(16)4;1-11-8-9-15(10-13(11)3)16-7-5-6-12(2)14(16)4;1-7-5-9(3)10(4)6-8(7)2;1-7-5-6-8(2)10(4)9(7)3/h3*5-10H,11H2,1-4H3;3*5-10H,1-4H3;2*5-6H,1-4H3. The molecule has 0 saturated heterocycles. The van der Waals surface area contributed by atoms with Gasteiger partial charge in [0.1, 0.15) is 0 Å². The van der Waals surface area contributed by atoms with Crippen LogP contribution in [0, 0.1) is 222 Å². The molecule has 0 aromatic heterocycles. The van der Waals surface area contributed by atoms with Crippen LogP contribution in [0.15, 0.2) is 243 Å². The molecule has 0 heteroatoms. The highest BCUT2D eigenvalue weighted by Gasteiger charge is 2.12. The van der Waals surface area contributed by atoms with E-state index in [0.29, 0.717) is 0 Å². The Kier molecular flexibility index (Phi) is 35.8. The SMILES string of the molecule is Cc1cc(C)c(C)cc1C.Cc1ccc(-c2ccc(C)c(C)c2)cc1C.Cc1ccc(-c2cccc(C)c2C)cc1C.Cc1ccc(C)c(C)c1C.Cc1ccc(Cc2ccc(C)c(C)c2)cc1C.Cc1ccc(Cc2cccc(C)c2C)cc1C.Cc1cccc(-c2cccc(C)c2C)c1C.Cc1cccc(Cc2cccc(C)c2C)c1C. The largest absolute Gasteiger partial charge is 0.0617 e. The smallest absolute Gasteiger partial charge is 0.00203 e. The lowest BCUT2D eigenvalue weighted by Crippen LogP contribution is -1.97. The third kappa shape index (κ3) is 27.3. The second kappa shape index (κ2) is 44.8. The molecule has 0 spiro atoms. The van der Waals surface area contributed by atoms with Gasteiger partial charge in [0.25, 0.3) is 0 Å². The molecule has 0 unspecified atom stereocenters. The highest BCUT2D eigenvalue weighted by molar-refractivity contribution is 5.73. The summed E-state index contributed by atoms with van der Waals surface area (Å²) in [6, 6.07) is 88.4. The summed E-state index contributed by atoms with van der Waals surface area (Å²) >= 11 is 0. The fourth-order valence-electron chi connectivity index (χ4n) is 14.5. The number of hydrogen-bond acceptors (Lipinski definition) is 0. The summed E-state index contributed by atoms with van der Waals surface area (Å²) < 4.78 is 0. The van der Waals surface area contributed by atoms with Crippen LogP contribution in [0.5, 0.6) is 0 Å². The van der Waals surface area contributed by atoms with Gasteiger partial charge in [0.15, 0.2) is 0 Å². The van der Waals surface area contributed by atoms with Crippen molar-refractivity contribution in [3.8, 4) is 33.4 Å². The van der Waals surface area contributed by atoms with E-state index in [2.05, 4.69) is 464 Å². The van der Waals surface area contributed by atoms with Crippen molar-refractivity contribution in [3.63, 3.8) is 0 Å². The minimum absolute atomic E-state index is 1.03. The maximum absolute atomic E-state index is 2.30.